The number of hydrogen-bond donors (Lipinski definition) is 2. The molecule has 2 rings (SSSR count). The van der Waals surface area contributed by atoms with Gasteiger partial charge in [0.15, 0.2) is 0 Å². The van der Waals surface area contributed by atoms with Gasteiger partial charge in [-0.05, 0) is 26.0 Å². The Morgan fingerprint density at radius 1 is 1.45 bits per heavy atom. The third-order valence-electron chi connectivity index (χ3n) is 3.34. The molecule has 1 heterocycles. The van der Waals surface area contributed by atoms with Crippen LogP contribution >= 0.6 is 11.6 Å². The summed E-state index contributed by atoms with van der Waals surface area (Å²) in [7, 11) is 0. The summed E-state index contributed by atoms with van der Waals surface area (Å²) in [6.07, 6.45) is -0.133. The highest BCUT2D eigenvalue weighted by molar-refractivity contribution is 6.31. The minimum absolute atomic E-state index is 0.00878. The van der Waals surface area contributed by atoms with Crippen molar-refractivity contribution in [3.8, 4) is 0 Å². The fourth-order valence-corrected chi connectivity index (χ4v) is 2.52. The number of anilines is 1. The van der Waals surface area contributed by atoms with Gasteiger partial charge in [-0.1, -0.05) is 11.6 Å². The molecule has 0 aromatic heterocycles. The van der Waals surface area contributed by atoms with Crippen LogP contribution in [-0.4, -0.2) is 34.7 Å². The number of carbonyl (C=O) groups excluding carboxylic acids is 3. The smallest absolute Gasteiger partial charge is 0.254 e. The number of halogens is 2. The van der Waals surface area contributed by atoms with Crippen LogP contribution in [-0.2, 0) is 9.59 Å². The molecule has 1 atom stereocenters. The Labute approximate surface area is 131 Å². The largest absolute Gasteiger partial charge is 0.396 e. The van der Waals surface area contributed by atoms with E-state index in [4.69, 9.17) is 17.3 Å². The highest BCUT2D eigenvalue weighted by atomic mass is 35.5. The monoisotopic (exact) mass is 327 g/mol. The van der Waals surface area contributed by atoms with Crippen molar-refractivity contribution in [1.82, 2.24) is 10.2 Å². The Balaban J connectivity index is 2.20. The molecule has 1 fully saturated rings. The second-order valence-electron chi connectivity index (χ2n) is 5.27. The summed E-state index contributed by atoms with van der Waals surface area (Å²) in [6.45, 7) is 3.40. The Morgan fingerprint density at radius 3 is 2.64 bits per heavy atom. The van der Waals surface area contributed by atoms with E-state index in [1.165, 1.54) is 6.07 Å². The summed E-state index contributed by atoms with van der Waals surface area (Å²) in [5, 5.41) is 2.41. The highest BCUT2D eigenvalue weighted by Crippen LogP contribution is 2.23. The molecule has 0 spiro atoms. The molecular formula is C14H15ClFN3O3. The van der Waals surface area contributed by atoms with Gasteiger partial charge in [0, 0.05) is 11.1 Å². The van der Waals surface area contributed by atoms with Crippen LogP contribution < -0.4 is 11.1 Å². The van der Waals surface area contributed by atoms with E-state index in [0.717, 1.165) is 11.0 Å². The molecular weight excluding hydrogens is 313 g/mol. The average Bonchev–Trinajstić information content (AvgIpc) is 2.68. The first kappa shape index (κ1) is 16.2. The number of nitrogens with one attached hydrogen (secondary N) is 1. The quantitative estimate of drug-likeness (QED) is 0.647. The first-order valence-corrected chi connectivity index (χ1v) is 7.01. The molecule has 0 bridgehead atoms. The van der Waals surface area contributed by atoms with Crippen LogP contribution in [0.4, 0.5) is 10.1 Å². The van der Waals surface area contributed by atoms with Crippen molar-refractivity contribution in [1.29, 1.82) is 0 Å². The summed E-state index contributed by atoms with van der Waals surface area (Å²) in [4.78, 5) is 37.1. The van der Waals surface area contributed by atoms with E-state index < -0.39 is 23.7 Å². The minimum atomic E-state index is -0.983. The first-order valence-electron chi connectivity index (χ1n) is 6.63. The number of nitrogens with two attached hydrogens (primary N) is 1. The van der Waals surface area contributed by atoms with Crippen LogP contribution in [0, 0.1) is 5.82 Å². The predicted octanol–water partition coefficient (Wildman–Crippen LogP) is 1.33. The maximum atomic E-state index is 13.5. The maximum Gasteiger partial charge on any atom is 0.254 e. The van der Waals surface area contributed by atoms with E-state index in [9.17, 15) is 18.8 Å². The van der Waals surface area contributed by atoms with Crippen molar-refractivity contribution in [3.63, 3.8) is 0 Å². The lowest BCUT2D eigenvalue weighted by Crippen LogP contribution is -2.44. The highest BCUT2D eigenvalue weighted by Gasteiger charge is 2.40. The lowest BCUT2D eigenvalue weighted by atomic mass is 10.1. The van der Waals surface area contributed by atoms with Crippen molar-refractivity contribution in [2.24, 2.45) is 0 Å². The van der Waals surface area contributed by atoms with E-state index in [0.29, 0.717) is 0 Å². The minimum Gasteiger partial charge on any atom is -0.396 e. The summed E-state index contributed by atoms with van der Waals surface area (Å²) >= 11 is 5.69. The van der Waals surface area contributed by atoms with Gasteiger partial charge in [0.25, 0.3) is 11.8 Å². The third-order valence-corrected chi connectivity index (χ3v) is 3.56. The number of likely N-dealkylation sites (tertiary alicyclic amines) is 1. The van der Waals surface area contributed by atoms with E-state index in [1.54, 1.807) is 13.8 Å². The summed E-state index contributed by atoms with van der Waals surface area (Å²) in [6, 6.07) is 0.911. The average molecular weight is 328 g/mol. The molecule has 3 amide bonds. The number of nitrogens with zero attached hydrogens (tertiary/aromatic N) is 1. The summed E-state index contributed by atoms with van der Waals surface area (Å²) < 4.78 is 13.5. The fraction of sp³-hybridized carbons (Fsp3) is 0.357. The van der Waals surface area contributed by atoms with Crippen LogP contribution in [0.15, 0.2) is 12.1 Å². The van der Waals surface area contributed by atoms with Gasteiger partial charge in [0.05, 0.1) is 17.7 Å². The molecule has 1 saturated heterocycles. The molecule has 6 nitrogen and oxygen atoms in total. The number of hydrogen-bond acceptors (Lipinski definition) is 4. The number of rotatable bonds is 3. The van der Waals surface area contributed by atoms with Gasteiger partial charge in [-0.15, -0.1) is 0 Å². The zero-order chi connectivity index (χ0) is 16.6. The predicted molar refractivity (Wildman–Crippen MR) is 78.7 cm³/mol. The molecule has 0 saturated carbocycles. The molecule has 3 N–H and O–H groups in total. The molecule has 1 aliphatic heterocycles. The maximum absolute atomic E-state index is 13.5. The van der Waals surface area contributed by atoms with Gasteiger partial charge in [-0.25, -0.2) is 4.39 Å². The van der Waals surface area contributed by atoms with Crippen molar-refractivity contribution in [2.75, 3.05) is 5.73 Å². The van der Waals surface area contributed by atoms with Crippen LogP contribution in [0.3, 0.4) is 0 Å². The molecule has 0 unspecified atom stereocenters. The van der Waals surface area contributed by atoms with Crippen molar-refractivity contribution in [3.05, 3.63) is 28.5 Å². The zero-order valence-electron chi connectivity index (χ0n) is 12.0. The Hall–Kier alpha value is -2.15. The number of imide groups is 1. The van der Waals surface area contributed by atoms with Gasteiger partial charge >= 0.3 is 0 Å². The fourth-order valence-electron chi connectivity index (χ4n) is 2.31. The van der Waals surface area contributed by atoms with Crippen LogP contribution in [0.1, 0.15) is 30.6 Å². The number of nitrogen functional groups attached to an aromatic ring is 1. The molecule has 1 aromatic rings. The lowest BCUT2D eigenvalue weighted by molar-refractivity contribution is -0.140. The normalized spacial score (nSPS) is 18.2. The second-order valence-corrected chi connectivity index (χ2v) is 5.71. The molecule has 0 radical (unpaired) electrons. The molecule has 118 valence electrons. The topological polar surface area (TPSA) is 92.5 Å². The lowest BCUT2D eigenvalue weighted by Gasteiger charge is -2.19. The standard InChI is InChI=1S/C14H15ClFN3O3/c1-6(2)19-11(20)5-10(14(19)22)18-13(21)8-3-7(15)4-9(16)12(8)17/h3-4,6,10H,5,17H2,1-2H3,(H,18,21)/t10-/m1/s1. The Kier molecular flexibility index (Phi) is 4.37. The molecule has 1 aliphatic rings. The SMILES string of the molecule is CC(C)N1C(=O)C[C@@H](NC(=O)c2cc(Cl)cc(F)c2N)C1=O. The molecule has 8 heteroatoms. The Morgan fingerprint density at radius 2 is 2.09 bits per heavy atom. The van der Waals surface area contributed by atoms with Crippen molar-refractivity contribution >= 4 is 35.0 Å². The summed E-state index contributed by atoms with van der Waals surface area (Å²) in [5.41, 5.74) is 4.97. The van der Waals surface area contributed by atoms with Gasteiger partial charge in [0.2, 0.25) is 5.91 Å². The van der Waals surface area contributed by atoms with Gasteiger partial charge in [-0.3, -0.25) is 19.3 Å². The van der Waals surface area contributed by atoms with E-state index >= 15 is 0 Å². The van der Waals surface area contributed by atoms with Gasteiger partial charge in [0.1, 0.15) is 11.9 Å². The van der Waals surface area contributed by atoms with Crippen LogP contribution in [0.5, 0.6) is 0 Å². The number of benzene rings is 1. The van der Waals surface area contributed by atoms with E-state index in [2.05, 4.69) is 5.32 Å². The zero-order valence-corrected chi connectivity index (χ0v) is 12.8. The van der Waals surface area contributed by atoms with Gasteiger partial charge in [-0.2, -0.15) is 0 Å². The van der Waals surface area contributed by atoms with Crippen LogP contribution in [0.2, 0.25) is 5.02 Å². The third kappa shape index (κ3) is 2.89. The number of amides is 3. The van der Waals surface area contributed by atoms with Gasteiger partial charge < -0.3 is 11.1 Å². The van der Waals surface area contributed by atoms with Crippen LogP contribution in [0.25, 0.3) is 0 Å². The number of carbonyl (C=O) groups is 3. The second kappa shape index (κ2) is 5.92. The molecule has 0 aliphatic carbocycles. The van der Waals surface area contributed by atoms with Crippen molar-refractivity contribution in [2.45, 2.75) is 32.4 Å². The molecule has 22 heavy (non-hydrogen) atoms. The molecule has 1 aromatic carbocycles. The van der Waals surface area contributed by atoms with E-state index in [1.807, 2.05) is 0 Å². The Bertz CT molecular complexity index is 663. The van der Waals surface area contributed by atoms with E-state index in [-0.39, 0.29) is 34.6 Å². The first-order chi connectivity index (χ1) is 10.2. The summed E-state index contributed by atoms with van der Waals surface area (Å²) in [5.74, 6) is -2.43. The van der Waals surface area contributed by atoms with Crippen molar-refractivity contribution < 1.29 is 18.8 Å².